The highest BCUT2D eigenvalue weighted by molar-refractivity contribution is 7.89. The van der Waals surface area contributed by atoms with Gasteiger partial charge in [-0.05, 0) is 61.7 Å². The highest BCUT2D eigenvalue weighted by Gasteiger charge is 2.36. The van der Waals surface area contributed by atoms with Crippen LogP contribution in [0.3, 0.4) is 0 Å². The Bertz CT molecular complexity index is 877. The molecule has 1 aliphatic rings. The number of benzene rings is 2. The Hall–Kier alpha value is -2.38. The third-order valence-corrected chi connectivity index (χ3v) is 6.45. The number of nitrogens with two attached hydrogens (primary N) is 1. The van der Waals surface area contributed by atoms with Crippen molar-refractivity contribution in [2.24, 2.45) is 5.73 Å². The summed E-state index contributed by atoms with van der Waals surface area (Å²) >= 11 is 0. The van der Waals surface area contributed by atoms with Gasteiger partial charge in [-0.1, -0.05) is 12.1 Å². The maximum Gasteiger partial charge on any atom is 0.248 e. The highest BCUT2D eigenvalue weighted by Crippen LogP contribution is 2.37. The molecule has 3 rings (SSSR count). The van der Waals surface area contributed by atoms with E-state index in [4.69, 9.17) is 10.5 Å². The predicted molar refractivity (Wildman–Crippen MR) is 98.4 cm³/mol. The summed E-state index contributed by atoms with van der Waals surface area (Å²) in [4.78, 5) is 11.3. The van der Waals surface area contributed by atoms with E-state index in [1.807, 2.05) is 31.2 Å². The van der Waals surface area contributed by atoms with Gasteiger partial charge in [-0.2, -0.15) is 4.31 Å². The van der Waals surface area contributed by atoms with Gasteiger partial charge in [0.2, 0.25) is 15.9 Å². The standard InChI is InChI=1S/C19H22N2O4S/c1-2-25-16-9-5-14(6-10-16)18-4-3-13-21(18)26(23,24)17-11-7-15(8-12-17)19(20)22/h5-12,18H,2-4,13H2,1H3,(H2,20,22). The number of amides is 1. The molecule has 0 saturated carbocycles. The molecule has 2 aromatic rings. The van der Waals surface area contributed by atoms with Crippen molar-refractivity contribution in [3.63, 3.8) is 0 Å². The molecule has 6 nitrogen and oxygen atoms in total. The van der Waals surface area contributed by atoms with Crippen LogP contribution >= 0.6 is 0 Å². The molecular weight excluding hydrogens is 352 g/mol. The number of sulfonamides is 1. The molecule has 26 heavy (non-hydrogen) atoms. The van der Waals surface area contributed by atoms with Gasteiger partial charge in [0.25, 0.3) is 0 Å². The molecule has 0 bridgehead atoms. The van der Waals surface area contributed by atoms with E-state index in [1.54, 1.807) is 0 Å². The van der Waals surface area contributed by atoms with Crippen LogP contribution in [0, 0.1) is 0 Å². The minimum absolute atomic E-state index is 0.167. The Labute approximate surface area is 153 Å². The van der Waals surface area contributed by atoms with Crippen LogP contribution in [0.2, 0.25) is 0 Å². The molecule has 0 aliphatic carbocycles. The van der Waals surface area contributed by atoms with Gasteiger partial charge >= 0.3 is 0 Å². The van der Waals surface area contributed by atoms with Crippen molar-refractivity contribution in [3.05, 3.63) is 59.7 Å². The van der Waals surface area contributed by atoms with E-state index in [1.165, 1.54) is 28.6 Å². The lowest BCUT2D eigenvalue weighted by molar-refractivity contribution is 0.1000. The lowest BCUT2D eigenvalue weighted by atomic mass is 10.1. The van der Waals surface area contributed by atoms with Crippen molar-refractivity contribution < 1.29 is 17.9 Å². The van der Waals surface area contributed by atoms with E-state index < -0.39 is 15.9 Å². The molecule has 0 aromatic heterocycles. The minimum atomic E-state index is -3.65. The number of hydrogen-bond donors (Lipinski definition) is 1. The summed E-state index contributed by atoms with van der Waals surface area (Å²) in [5.74, 6) is 0.188. The fraction of sp³-hybridized carbons (Fsp3) is 0.316. The van der Waals surface area contributed by atoms with Crippen LogP contribution in [-0.2, 0) is 10.0 Å². The maximum absolute atomic E-state index is 13.1. The van der Waals surface area contributed by atoms with Gasteiger partial charge in [0.05, 0.1) is 17.5 Å². The van der Waals surface area contributed by atoms with E-state index in [0.717, 1.165) is 24.2 Å². The Morgan fingerprint density at radius 2 is 1.81 bits per heavy atom. The Morgan fingerprint density at radius 1 is 1.15 bits per heavy atom. The average Bonchev–Trinajstić information content (AvgIpc) is 3.13. The fourth-order valence-electron chi connectivity index (χ4n) is 3.24. The third-order valence-electron chi connectivity index (χ3n) is 4.52. The van der Waals surface area contributed by atoms with Crippen LogP contribution in [0.4, 0.5) is 0 Å². The van der Waals surface area contributed by atoms with Gasteiger partial charge < -0.3 is 10.5 Å². The van der Waals surface area contributed by atoms with Crippen molar-refractivity contribution in [2.75, 3.05) is 13.2 Å². The van der Waals surface area contributed by atoms with Crippen molar-refractivity contribution in [1.29, 1.82) is 0 Å². The molecule has 1 amide bonds. The van der Waals surface area contributed by atoms with E-state index in [2.05, 4.69) is 0 Å². The summed E-state index contributed by atoms with van der Waals surface area (Å²) in [6, 6.07) is 13.1. The summed E-state index contributed by atoms with van der Waals surface area (Å²) in [5, 5.41) is 0. The van der Waals surface area contributed by atoms with Crippen LogP contribution in [0.25, 0.3) is 0 Å². The molecule has 1 saturated heterocycles. The smallest absolute Gasteiger partial charge is 0.248 e. The SMILES string of the molecule is CCOc1ccc(C2CCCN2S(=O)(=O)c2ccc(C(N)=O)cc2)cc1. The van der Waals surface area contributed by atoms with Crippen molar-refractivity contribution >= 4 is 15.9 Å². The van der Waals surface area contributed by atoms with Gasteiger partial charge in [0.1, 0.15) is 5.75 Å². The average molecular weight is 374 g/mol. The molecule has 7 heteroatoms. The second-order valence-electron chi connectivity index (χ2n) is 6.16. The number of carbonyl (C=O) groups excluding carboxylic acids is 1. The summed E-state index contributed by atoms with van der Waals surface area (Å²) < 4.78 is 33.1. The second-order valence-corrected chi connectivity index (χ2v) is 8.06. The minimum Gasteiger partial charge on any atom is -0.494 e. The lowest BCUT2D eigenvalue weighted by Crippen LogP contribution is -2.30. The van der Waals surface area contributed by atoms with Crippen molar-refractivity contribution in [3.8, 4) is 5.75 Å². The quantitative estimate of drug-likeness (QED) is 0.842. The molecule has 1 unspecified atom stereocenters. The fourth-order valence-corrected chi connectivity index (χ4v) is 4.92. The first-order valence-corrected chi connectivity index (χ1v) is 10.0. The van der Waals surface area contributed by atoms with Crippen LogP contribution in [0.15, 0.2) is 53.4 Å². The summed E-state index contributed by atoms with van der Waals surface area (Å²) in [6.45, 7) is 2.98. The Morgan fingerprint density at radius 3 is 2.38 bits per heavy atom. The van der Waals surface area contributed by atoms with Gasteiger partial charge in [-0.15, -0.1) is 0 Å². The van der Waals surface area contributed by atoms with Crippen molar-refractivity contribution in [1.82, 2.24) is 4.31 Å². The van der Waals surface area contributed by atoms with Gasteiger partial charge in [0, 0.05) is 12.1 Å². The van der Waals surface area contributed by atoms with E-state index in [9.17, 15) is 13.2 Å². The van der Waals surface area contributed by atoms with E-state index in [-0.39, 0.29) is 16.5 Å². The number of carbonyl (C=O) groups is 1. The Kier molecular flexibility index (Phi) is 5.29. The van der Waals surface area contributed by atoms with E-state index in [0.29, 0.717) is 13.2 Å². The largest absolute Gasteiger partial charge is 0.494 e. The zero-order chi connectivity index (χ0) is 18.7. The molecule has 0 spiro atoms. The van der Waals surface area contributed by atoms with Crippen LogP contribution < -0.4 is 10.5 Å². The second kappa shape index (κ2) is 7.47. The molecule has 138 valence electrons. The summed E-state index contributed by atoms with van der Waals surface area (Å²) in [6.07, 6.45) is 1.57. The topological polar surface area (TPSA) is 89.7 Å². The molecule has 1 aliphatic heterocycles. The zero-order valence-electron chi connectivity index (χ0n) is 14.6. The number of rotatable bonds is 6. The number of hydrogen-bond acceptors (Lipinski definition) is 4. The maximum atomic E-state index is 13.1. The molecule has 1 fully saturated rings. The number of nitrogens with zero attached hydrogens (tertiary/aromatic N) is 1. The van der Waals surface area contributed by atoms with Crippen LogP contribution in [0.5, 0.6) is 5.75 Å². The molecular formula is C19H22N2O4S. The first-order chi connectivity index (χ1) is 12.4. The zero-order valence-corrected chi connectivity index (χ0v) is 15.4. The van der Waals surface area contributed by atoms with Gasteiger partial charge in [-0.3, -0.25) is 4.79 Å². The first kappa shape index (κ1) is 18.4. The predicted octanol–water partition coefficient (Wildman–Crippen LogP) is 2.71. The summed E-state index contributed by atoms with van der Waals surface area (Å²) in [7, 11) is -3.65. The third kappa shape index (κ3) is 3.59. The molecule has 1 atom stereocenters. The normalized spacial score (nSPS) is 18.0. The summed E-state index contributed by atoms with van der Waals surface area (Å²) in [5.41, 5.74) is 6.45. The van der Waals surface area contributed by atoms with E-state index >= 15 is 0 Å². The monoisotopic (exact) mass is 374 g/mol. The number of ether oxygens (including phenoxy) is 1. The van der Waals surface area contributed by atoms with Crippen LogP contribution in [0.1, 0.15) is 41.7 Å². The molecule has 2 aromatic carbocycles. The van der Waals surface area contributed by atoms with Crippen molar-refractivity contribution in [2.45, 2.75) is 30.7 Å². The van der Waals surface area contributed by atoms with Gasteiger partial charge in [-0.25, -0.2) is 8.42 Å². The highest BCUT2D eigenvalue weighted by atomic mass is 32.2. The van der Waals surface area contributed by atoms with Gasteiger partial charge in [0.15, 0.2) is 0 Å². The lowest BCUT2D eigenvalue weighted by Gasteiger charge is -2.24. The number of primary amides is 1. The molecule has 1 heterocycles. The van der Waals surface area contributed by atoms with Crippen LogP contribution in [-0.4, -0.2) is 31.8 Å². The first-order valence-electron chi connectivity index (χ1n) is 8.58. The molecule has 0 radical (unpaired) electrons. The Balaban J connectivity index is 1.87. The molecule has 2 N–H and O–H groups in total.